The van der Waals surface area contributed by atoms with Gasteiger partial charge in [0.25, 0.3) is 0 Å². The molecule has 1 atom stereocenters. The van der Waals surface area contributed by atoms with E-state index in [1.807, 2.05) is 13.0 Å². The van der Waals surface area contributed by atoms with Gasteiger partial charge >= 0.3 is 0 Å². The first-order valence-corrected chi connectivity index (χ1v) is 7.50. The minimum atomic E-state index is 0.168. The van der Waals surface area contributed by atoms with Crippen molar-refractivity contribution < 1.29 is 0 Å². The highest BCUT2D eigenvalue weighted by Gasteiger charge is 2.25. The second kappa shape index (κ2) is 4.71. The third kappa shape index (κ3) is 2.05. The lowest BCUT2D eigenvalue weighted by atomic mass is 9.96. The molecule has 0 amide bonds. The van der Waals surface area contributed by atoms with E-state index in [0.29, 0.717) is 0 Å². The predicted octanol–water partition coefficient (Wildman–Crippen LogP) is 3.41. The van der Waals surface area contributed by atoms with Crippen LogP contribution in [0.25, 0.3) is 10.9 Å². The van der Waals surface area contributed by atoms with E-state index < -0.39 is 0 Å². The van der Waals surface area contributed by atoms with Crippen LogP contribution in [0.4, 0.5) is 0 Å². The first-order chi connectivity index (χ1) is 10.2. The maximum Gasteiger partial charge on any atom is 0.0906 e. The quantitative estimate of drug-likeness (QED) is 0.715. The minimum absolute atomic E-state index is 0.168. The highest BCUT2D eigenvalue weighted by atomic mass is 15.0. The number of aromatic amines is 1. The van der Waals surface area contributed by atoms with E-state index in [2.05, 4.69) is 47.6 Å². The summed E-state index contributed by atoms with van der Waals surface area (Å²) in [6.45, 7) is 5.19. The minimum Gasteiger partial charge on any atom is -0.357 e. The van der Waals surface area contributed by atoms with Crippen LogP contribution in [0.3, 0.4) is 0 Å². The summed E-state index contributed by atoms with van der Waals surface area (Å²) in [7, 11) is 0. The van der Waals surface area contributed by atoms with Crippen molar-refractivity contribution in [1.29, 1.82) is 0 Å². The van der Waals surface area contributed by atoms with Gasteiger partial charge in [-0.05, 0) is 50.1 Å². The average molecular weight is 277 g/mol. The number of H-pyrrole nitrogens is 1. The zero-order valence-corrected chi connectivity index (χ0v) is 12.4. The van der Waals surface area contributed by atoms with Crippen LogP contribution < -0.4 is 5.32 Å². The van der Waals surface area contributed by atoms with E-state index in [-0.39, 0.29) is 6.04 Å². The molecular formula is C18H19N3. The van der Waals surface area contributed by atoms with Gasteiger partial charge in [0.2, 0.25) is 0 Å². The number of fused-ring (bicyclic) bond motifs is 3. The van der Waals surface area contributed by atoms with Crippen molar-refractivity contribution in [2.45, 2.75) is 26.3 Å². The first-order valence-electron chi connectivity index (χ1n) is 7.50. The zero-order chi connectivity index (χ0) is 14.4. The number of nitrogens with one attached hydrogen (secondary N) is 2. The van der Waals surface area contributed by atoms with Gasteiger partial charge in [0.15, 0.2) is 0 Å². The summed E-state index contributed by atoms with van der Waals surface area (Å²) in [5.41, 5.74) is 7.42. The Balaban J connectivity index is 1.90. The molecule has 106 valence electrons. The second-order valence-electron chi connectivity index (χ2n) is 5.91. The van der Waals surface area contributed by atoms with Gasteiger partial charge in [-0.3, -0.25) is 4.98 Å². The van der Waals surface area contributed by atoms with Crippen LogP contribution in [-0.2, 0) is 6.42 Å². The van der Waals surface area contributed by atoms with Gasteiger partial charge in [0, 0.05) is 28.8 Å². The normalized spacial score (nSPS) is 17.9. The monoisotopic (exact) mass is 277 g/mol. The SMILES string of the molecule is Cc1ccc2[nH]c3c(c2c1)CCNC3c1cccc(C)n1. The van der Waals surface area contributed by atoms with Crippen LogP contribution in [0, 0.1) is 13.8 Å². The summed E-state index contributed by atoms with van der Waals surface area (Å²) < 4.78 is 0. The van der Waals surface area contributed by atoms with Gasteiger partial charge in [-0.2, -0.15) is 0 Å². The van der Waals surface area contributed by atoms with E-state index in [0.717, 1.165) is 24.4 Å². The fourth-order valence-corrected chi connectivity index (χ4v) is 3.32. The fourth-order valence-electron chi connectivity index (χ4n) is 3.32. The molecule has 0 spiro atoms. The number of rotatable bonds is 1. The Hall–Kier alpha value is -2.13. The lowest BCUT2D eigenvalue weighted by Gasteiger charge is -2.24. The highest BCUT2D eigenvalue weighted by Crippen LogP contribution is 2.33. The van der Waals surface area contributed by atoms with Gasteiger partial charge in [-0.25, -0.2) is 0 Å². The molecule has 0 bridgehead atoms. The Labute approximate surface area is 124 Å². The Morgan fingerprint density at radius 2 is 2.05 bits per heavy atom. The first kappa shape index (κ1) is 12.6. The number of pyridine rings is 1. The summed E-state index contributed by atoms with van der Waals surface area (Å²) in [6, 6.07) is 13.0. The molecule has 3 heteroatoms. The highest BCUT2D eigenvalue weighted by molar-refractivity contribution is 5.86. The van der Waals surface area contributed by atoms with Crippen molar-refractivity contribution in [3.63, 3.8) is 0 Å². The largest absolute Gasteiger partial charge is 0.357 e. The van der Waals surface area contributed by atoms with E-state index in [1.54, 1.807) is 0 Å². The van der Waals surface area contributed by atoms with Crippen molar-refractivity contribution in [3.05, 3.63) is 64.6 Å². The molecule has 3 nitrogen and oxygen atoms in total. The predicted molar refractivity (Wildman–Crippen MR) is 85.6 cm³/mol. The molecule has 2 N–H and O–H groups in total. The fraction of sp³-hybridized carbons (Fsp3) is 0.278. The van der Waals surface area contributed by atoms with Crippen LogP contribution in [0.2, 0.25) is 0 Å². The van der Waals surface area contributed by atoms with Crippen LogP contribution in [0.5, 0.6) is 0 Å². The standard InChI is InChI=1S/C18H19N3/c1-11-6-7-15-14(10-11)13-8-9-19-18(17(13)21-15)16-5-3-4-12(2)20-16/h3-7,10,18-19,21H,8-9H2,1-2H3. The topological polar surface area (TPSA) is 40.7 Å². The van der Waals surface area contributed by atoms with Crippen LogP contribution in [0.1, 0.15) is 34.3 Å². The molecule has 3 heterocycles. The third-order valence-corrected chi connectivity index (χ3v) is 4.31. The summed E-state index contributed by atoms with van der Waals surface area (Å²) in [4.78, 5) is 8.31. The number of hydrogen-bond acceptors (Lipinski definition) is 2. The number of hydrogen-bond donors (Lipinski definition) is 2. The number of benzene rings is 1. The lowest BCUT2D eigenvalue weighted by Crippen LogP contribution is -2.31. The molecule has 0 fully saturated rings. The van der Waals surface area contributed by atoms with Crippen LogP contribution in [0.15, 0.2) is 36.4 Å². The Bertz CT molecular complexity index is 816. The lowest BCUT2D eigenvalue weighted by molar-refractivity contribution is 0.548. The van der Waals surface area contributed by atoms with Crippen LogP contribution >= 0.6 is 0 Å². The molecule has 21 heavy (non-hydrogen) atoms. The van der Waals surface area contributed by atoms with Crippen molar-refractivity contribution >= 4 is 10.9 Å². The van der Waals surface area contributed by atoms with Crippen LogP contribution in [-0.4, -0.2) is 16.5 Å². The second-order valence-corrected chi connectivity index (χ2v) is 5.91. The number of nitrogens with zero attached hydrogens (tertiary/aromatic N) is 1. The molecule has 1 aliphatic rings. The van der Waals surface area contributed by atoms with Gasteiger partial charge in [-0.1, -0.05) is 17.7 Å². The van der Waals surface area contributed by atoms with E-state index in [9.17, 15) is 0 Å². The Kier molecular flexibility index (Phi) is 2.82. The van der Waals surface area contributed by atoms with Gasteiger partial charge in [0.1, 0.15) is 0 Å². The number of aryl methyl sites for hydroxylation is 2. The molecule has 0 radical (unpaired) electrons. The smallest absolute Gasteiger partial charge is 0.0906 e. The molecule has 0 saturated carbocycles. The molecule has 3 aromatic rings. The van der Waals surface area contributed by atoms with Crippen molar-refractivity contribution in [2.24, 2.45) is 0 Å². The number of aromatic nitrogens is 2. The molecule has 1 aliphatic heterocycles. The van der Waals surface area contributed by atoms with Crippen molar-refractivity contribution in [3.8, 4) is 0 Å². The third-order valence-electron chi connectivity index (χ3n) is 4.31. The Morgan fingerprint density at radius 1 is 1.14 bits per heavy atom. The van der Waals surface area contributed by atoms with E-state index in [1.165, 1.54) is 27.7 Å². The summed E-state index contributed by atoms with van der Waals surface area (Å²) in [5, 5.41) is 4.97. The molecular weight excluding hydrogens is 258 g/mol. The maximum absolute atomic E-state index is 4.70. The molecule has 1 unspecified atom stereocenters. The molecule has 0 aliphatic carbocycles. The molecule has 0 saturated heterocycles. The van der Waals surface area contributed by atoms with Crippen molar-refractivity contribution in [2.75, 3.05) is 6.54 Å². The molecule has 4 rings (SSSR count). The summed E-state index contributed by atoms with van der Waals surface area (Å²) >= 11 is 0. The van der Waals surface area contributed by atoms with Gasteiger partial charge in [-0.15, -0.1) is 0 Å². The summed E-state index contributed by atoms with van der Waals surface area (Å²) in [6.07, 6.45) is 1.07. The van der Waals surface area contributed by atoms with Crippen molar-refractivity contribution in [1.82, 2.24) is 15.3 Å². The molecule has 1 aromatic carbocycles. The summed E-state index contributed by atoms with van der Waals surface area (Å²) in [5.74, 6) is 0. The van der Waals surface area contributed by atoms with Gasteiger partial charge < -0.3 is 10.3 Å². The zero-order valence-electron chi connectivity index (χ0n) is 12.4. The average Bonchev–Trinajstić information content (AvgIpc) is 2.85. The van der Waals surface area contributed by atoms with Gasteiger partial charge in [0.05, 0.1) is 11.7 Å². The van der Waals surface area contributed by atoms with E-state index >= 15 is 0 Å². The maximum atomic E-state index is 4.70. The van der Waals surface area contributed by atoms with E-state index in [4.69, 9.17) is 4.98 Å². The Morgan fingerprint density at radius 3 is 2.90 bits per heavy atom. The molecule has 2 aromatic heterocycles.